The van der Waals surface area contributed by atoms with E-state index >= 15 is 0 Å². The topological polar surface area (TPSA) is 42.4 Å². The van der Waals surface area contributed by atoms with Gasteiger partial charge in [-0.15, -0.1) is 0 Å². The summed E-state index contributed by atoms with van der Waals surface area (Å²) in [6.07, 6.45) is -2.76. The number of hydrogen-bond acceptors (Lipinski definition) is 3. The van der Waals surface area contributed by atoms with Crippen LogP contribution < -0.4 is 5.73 Å². The lowest BCUT2D eigenvalue weighted by Gasteiger charge is -2.17. The molecule has 6 heteroatoms. The maximum atomic E-state index is 12.0. The molecule has 86 valence electrons. The number of nitrogens with two attached hydrogens (primary N) is 1. The zero-order valence-corrected chi connectivity index (χ0v) is 8.34. The Morgan fingerprint density at radius 2 is 2.13 bits per heavy atom. The largest absolute Gasteiger partial charge is 0.468 e. The van der Waals surface area contributed by atoms with Gasteiger partial charge in [-0.05, 0) is 13.1 Å². The second-order valence-electron chi connectivity index (χ2n) is 3.36. The summed E-state index contributed by atoms with van der Waals surface area (Å²) in [5, 5.41) is 0. The van der Waals surface area contributed by atoms with Crippen molar-refractivity contribution < 1.29 is 17.6 Å². The number of rotatable bonds is 4. The molecule has 3 nitrogen and oxygen atoms in total. The van der Waals surface area contributed by atoms with Gasteiger partial charge in [0.1, 0.15) is 5.76 Å². The van der Waals surface area contributed by atoms with Crippen LogP contribution in [0.2, 0.25) is 0 Å². The Bertz CT molecular complexity index is 309. The van der Waals surface area contributed by atoms with Crippen LogP contribution in [0.5, 0.6) is 0 Å². The Morgan fingerprint density at radius 1 is 1.47 bits per heavy atom. The molecule has 1 aromatic rings. The Hall–Kier alpha value is -1.01. The quantitative estimate of drug-likeness (QED) is 0.843. The van der Waals surface area contributed by atoms with Gasteiger partial charge in [-0.3, -0.25) is 4.90 Å². The molecule has 1 rings (SSSR count). The smallest absolute Gasteiger partial charge is 0.401 e. The lowest BCUT2D eigenvalue weighted by molar-refractivity contribution is -0.144. The molecule has 0 spiro atoms. The highest BCUT2D eigenvalue weighted by Crippen LogP contribution is 2.18. The van der Waals surface area contributed by atoms with Crippen LogP contribution in [0.1, 0.15) is 11.3 Å². The van der Waals surface area contributed by atoms with Crippen LogP contribution in [0.25, 0.3) is 0 Å². The fraction of sp³-hybridized carbons (Fsp3) is 0.556. The lowest BCUT2D eigenvalue weighted by Crippen LogP contribution is -2.30. The summed E-state index contributed by atoms with van der Waals surface area (Å²) in [6.45, 7) is -0.581. The van der Waals surface area contributed by atoms with Crippen LogP contribution in [-0.4, -0.2) is 24.7 Å². The normalized spacial score (nSPS) is 12.4. The maximum Gasteiger partial charge on any atom is 0.401 e. The summed E-state index contributed by atoms with van der Waals surface area (Å²) in [4.78, 5) is 1.14. The third-order valence-electron chi connectivity index (χ3n) is 1.92. The van der Waals surface area contributed by atoms with Gasteiger partial charge < -0.3 is 10.2 Å². The average Bonchev–Trinajstić information content (AvgIpc) is 2.48. The summed E-state index contributed by atoms with van der Waals surface area (Å²) in [5.74, 6) is 0.490. The van der Waals surface area contributed by atoms with Crippen molar-refractivity contribution in [1.29, 1.82) is 0 Å². The fourth-order valence-corrected chi connectivity index (χ4v) is 1.29. The van der Waals surface area contributed by atoms with Crippen molar-refractivity contribution in [3.05, 3.63) is 23.7 Å². The van der Waals surface area contributed by atoms with Crippen LogP contribution in [0.4, 0.5) is 13.2 Å². The highest BCUT2D eigenvalue weighted by Gasteiger charge is 2.29. The number of alkyl halides is 3. The number of nitrogens with zero attached hydrogens (tertiary/aromatic N) is 1. The highest BCUT2D eigenvalue weighted by molar-refractivity contribution is 5.16. The zero-order valence-electron chi connectivity index (χ0n) is 8.34. The van der Waals surface area contributed by atoms with Crippen LogP contribution in [-0.2, 0) is 13.1 Å². The molecular formula is C9H13F3N2O. The van der Waals surface area contributed by atoms with Gasteiger partial charge in [0.05, 0.1) is 19.4 Å². The first kappa shape index (κ1) is 12.1. The van der Waals surface area contributed by atoms with Crippen LogP contribution in [0.3, 0.4) is 0 Å². The molecule has 0 aliphatic carbocycles. The second-order valence-corrected chi connectivity index (χ2v) is 3.36. The molecule has 0 radical (unpaired) electrons. The molecule has 1 heterocycles. The second kappa shape index (κ2) is 4.67. The monoisotopic (exact) mass is 222 g/mol. The van der Waals surface area contributed by atoms with Crippen LogP contribution >= 0.6 is 0 Å². The molecule has 0 aliphatic heterocycles. The third-order valence-corrected chi connectivity index (χ3v) is 1.92. The number of halogens is 3. The molecule has 0 saturated heterocycles. The molecule has 0 fully saturated rings. The van der Waals surface area contributed by atoms with E-state index in [2.05, 4.69) is 0 Å². The van der Waals surface area contributed by atoms with E-state index in [1.54, 1.807) is 6.07 Å². The first-order valence-corrected chi connectivity index (χ1v) is 4.43. The molecule has 0 bridgehead atoms. The van der Waals surface area contributed by atoms with Crippen molar-refractivity contribution in [3.8, 4) is 0 Å². The van der Waals surface area contributed by atoms with Gasteiger partial charge in [0.2, 0.25) is 0 Å². The third kappa shape index (κ3) is 3.93. The minimum Gasteiger partial charge on any atom is -0.468 e. The van der Waals surface area contributed by atoms with Crippen molar-refractivity contribution in [1.82, 2.24) is 4.90 Å². The van der Waals surface area contributed by atoms with Crippen molar-refractivity contribution in [2.75, 3.05) is 13.6 Å². The van der Waals surface area contributed by atoms with E-state index < -0.39 is 12.7 Å². The number of hydrogen-bond donors (Lipinski definition) is 1. The van der Waals surface area contributed by atoms with Crippen LogP contribution in [0, 0.1) is 0 Å². The fourth-order valence-electron chi connectivity index (χ4n) is 1.29. The van der Waals surface area contributed by atoms with E-state index in [1.807, 2.05) is 0 Å². The van der Waals surface area contributed by atoms with E-state index in [4.69, 9.17) is 10.2 Å². The Labute approximate surface area is 85.6 Å². The zero-order chi connectivity index (χ0) is 11.5. The van der Waals surface area contributed by atoms with Crippen molar-refractivity contribution in [2.45, 2.75) is 19.3 Å². The Kier molecular flexibility index (Phi) is 3.76. The molecule has 2 N–H and O–H groups in total. The van der Waals surface area contributed by atoms with E-state index in [-0.39, 0.29) is 13.1 Å². The molecule has 0 unspecified atom stereocenters. The van der Waals surface area contributed by atoms with E-state index in [0.717, 1.165) is 10.5 Å². The SMILES string of the molecule is CN(Cc1occc1CN)CC(F)(F)F. The van der Waals surface area contributed by atoms with E-state index in [1.165, 1.54) is 13.3 Å². The predicted molar refractivity (Wildman–Crippen MR) is 49.0 cm³/mol. The average molecular weight is 222 g/mol. The summed E-state index contributed by atoms with van der Waals surface area (Å²) in [5.41, 5.74) is 6.14. The lowest BCUT2D eigenvalue weighted by atomic mass is 10.2. The molecule has 0 amide bonds. The van der Waals surface area contributed by atoms with Gasteiger partial charge >= 0.3 is 6.18 Å². The molecule has 0 saturated carbocycles. The summed E-state index contributed by atoms with van der Waals surface area (Å²) < 4.78 is 41.1. The van der Waals surface area contributed by atoms with Crippen molar-refractivity contribution in [3.63, 3.8) is 0 Å². The van der Waals surface area contributed by atoms with Crippen molar-refractivity contribution in [2.24, 2.45) is 5.73 Å². The van der Waals surface area contributed by atoms with Crippen LogP contribution in [0.15, 0.2) is 16.7 Å². The Balaban J connectivity index is 2.55. The first-order valence-electron chi connectivity index (χ1n) is 4.43. The highest BCUT2D eigenvalue weighted by atomic mass is 19.4. The summed E-state index contributed by atoms with van der Waals surface area (Å²) in [6, 6.07) is 1.66. The molecule has 1 aromatic heterocycles. The summed E-state index contributed by atoms with van der Waals surface area (Å²) in [7, 11) is 1.39. The van der Waals surface area contributed by atoms with Gasteiger partial charge in [0.25, 0.3) is 0 Å². The minimum atomic E-state index is -4.19. The predicted octanol–water partition coefficient (Wildman–Crippen LogP) is 1.73. The van der Waals surface area contributed by atoms with Gasteiger partial charge in [-0.1, -0.05) is 0 Å². The maximum absolute atomic E-state index is 12.0. The molecular weight excluding hydrogens is 209 g/mol. The van der Waals surface area contributed by atoms with Gasteiger partial charge in [0, 0.05) is 12.1 Å². The number of furan rings is 1. The van der Waals surface area contributed by atoms with Crippen molar-refractivity contribution >= 4 is 0 Å². The molecule has 0 atom stereocenters. The molecule has 15 heavy (non-hydrogen) atoms. The van der Waals surface area contributed by atoms with E-state index in [9.17, 15) is 13.2 Å². The minimum absolute atomic E-state index is 0.110. The first-order chi connectivity index (χ1) is 6.92. The van der Waals surface area contributed by atoms with E-state index in [0.29, 0.717) is 5.76 Å². The van der Waals surface area contributed by atoms with Gasteiger partial charge in [0.15, 0.2) is 0 Å². The molecule has 0 aliphatic rings. The van der Waals surface area contributed by atoms with Gasteiger partial charge in [-0.2, -0.15) is 13.2 Å². The Morgan fingerprint density at radius 3 is 2.67 bits per heavy atom. The van der Waals surface area contributed by atoms with Gasteiger partial charge in [-0.25, -0.2) is 0 Å². The standard InChI is InChI=1S/C9H13F3N2O/c1-14(6-9(10,11)12)5-8-7(4-13)2-3-15-8/h2-3H,4-6,13H2,1H3. The summed E-state index contributed by atoms with van der Waals surface area (Å²) >= 11 is 0. The molecule has 0 aromatic carbocycles.